The first-order valence-corrected chi connectivity index (χ1v) is 25.4. The number of rotatable bonds is 13. The second-order valence-electron chi connectivity index (χ2n) is 19.5. The summed E-state index contributed by atoms with van der Waals surface area (Å²) in [6.07, 6.45) is 9.58. The molecule has 18 heteroatoms. The predicted octanol–water partition coefficient (Wildman–Crippen LogP) is 8.28. The highest BCUT2D eigenvalue weighted by molar-refractivity contribution is 7.90. The summed E-state index contributed by atoms with van der Waals surface area (Å²) < 4.78 is 37.4. The van der Waals surface area contributed by atoms with E-state index in [1.807, 2.05) is 36.4 Å². The molecule has 3 fully saturated rings. The van der Waals surface area contributed by atoms with Crippen molar-refractivity contribution in [2.75, 3.05) is 75.8 Å². The van der Waals surface area contributed by atoms with Crippen LogP contribution in [0.25, 0.3) is 33.3 Å². The fourth-order valence-electron chi connectivity index (χ4n) is 10.5. The monoisotopic (exact) mass is 960 g/mol. The van der Waals surface area contributed by atoms with E-state index in [0.717, 1.165) is 120 Å². The van der Waals surface area contributed by atoms with Crippen LogP contribution in [-0.2, 0) is 14.8 Å². The maximum absolute atomic E-state index is 14.3. The molecule has 356 valence electrons. The van der Waals surface area contributed by atoms with Gasteiger partial charge < -0.3 is 15.0 Å². The lowest BCUT2D eigenvalue weighted by molar-refractivity contribution is -0.384. The Hall–Kier alpha value is -5.85. The van der Waals surface area contributed by atoms with Gasteiger partial charge in [-0.05, 0) is 122 Å². The lowest BCUT2D eigenvalue weighted by atomic mass is 9.72. The molecule has 4 aliphatic rings. The van der Waals surface area contributed by atoms with Crippen molar-refractivity contribution in [2.45, 2.75) is 63.3 Å². The van der Waals surface area contributed by atoms with Gasteiger partial charge >= 0.3 is 0 Å². The Balaban J connectivity index is 0.879. The number of nitrogens with zero attached hydrogens (tertiary/aromatic N) is 7. The number of nitrogens with one attached hydrogen (secondary N) is 3. The number of aromatic nitrogens is 4. The van der Waals surface area contributed by atoms with Crippen molar-refractivity contribution in [1.29, 1.82) is 0 Å². The summed E-state index contributed by atoms with van der Waals surface area (Å²) in [6, 6.07) is 21.5. The number of piperazine rings is 1. The van der Waals surface area contributed by atoms with Gasteiger partial charge in [-0.3, -0.25) is 34.5 Å². The normalized spacial score (nSPS) is 19.8. The first-order valence-electron chi connectivity index (χ1n) is 23.6. The Morgan fingerprint density at radius 1 is 0.985 bits per heavy atom. The van der Waals surface area contributed by atoms with Crippen LogP contribution in [-0.4, -0.2) is 120 Å². The SMILES string of the molecule is CC1(C)CCC(CN2CCN(c3ccc(C(=O)NS(=O)(=O)c4ccc(NC[C@@H]5CCN(C6CCOCC6)C5)c([N+](=O)[O-])c4)c(-n4[nH]cc5nc6nccc6cc54)c3)CC2)=C(c2ccc(Cl)cc2)C1. The Labute approximate surface area is 400 Å². The van der Waals surface area contributed by atoms with Gasteiger partial charge in [-0.2, -0.15) is 0 Å². The van der Waals surface area contributed by atoms with Crippen molar-refractivity contribution in [3.63, 3.8) is 0 Å². The van der Waals surface area contributed by atoms with Crippen molar-refractivity contribution in [3.8, 4) is 5.69 Å². The van der Waals surface area contributed by atoms with Crippen LogP contribution in [0.2, 0.25) is 5.02 Å². The number of H-pyrrole nitrogens is 1. The van der Waals surface area contributed by atoms with E-state index >= 15 is 0 Å². The first-order chi connectivity index (χ1) is 32.8. The second kappa shape index (κ2) is 18.9. The molecule has 0 saturated carbocycles. The number of likely N-dealkylation sites (tertiary alicyclic amines) is 1. The van der Waals surface area contributed by atoms with Crippen molar-refractivity contribution in [1.82, 2.24) is 34.3 Å². The minimum absolute atomic E-state index is 0.0754. The number of pyridine rings is 1. The summed E-state index contributed by atoms with van der Waals surface area (Å²) in [6.45, 7) is 12.6. The number of sulfonamides is 1. The van der Waals surface area contributed by atoms with E-state index in [0.29, 0.717) is 35.0 Å². The van der Waals surface area contributed by atoms with Gasteiger partial charge in [0.1, 0.15) is 11.2 Å². The third-order valence-corrected chi connectivity index (χ3v) is 15.9. The molecule has 3 saturated heterocycles. The Bertz CT molecular complexity index is 3010. The summed E-state index contributed by atoms with van der Waals surface area (Å²) in [5.74, 6) is -0.605. The standard InChI is InChI=1S/C50H57ClN10O6S/c1-50(2)16-11-36(42(28-50)34-3-5-37(51)6-4-34)32-57-19-21-58(22-20-57)39-7-9-41(45(26-39)60-46-25-35-12-17-52-48(35)55-44(46)30-54-60)49(62)56-68(65,66)40-8-10-43(47(27-40)61(63)64)53-29-33-13-18-59(31-33)38-14-23-67-24-15-38/h3-10,12,17,25-27,30,33,38,53-54H,11,13-16,18-24,28-29,31-32H2,1-2H3,(H,56,62)/t33-/m0/s1. The van der Waals surface area contributed by atoms with Gasteiger partial charge in [0.15, 0.2) is 5.65 Å². The number of hydrogen-bond donors (Lipinski definition) is 3. The number of amides is 1. The van der Waals surface area contributed by atoms with Crippen LogP contribution in [0.5, 0.6) is 0 Å². The van der Waals surface area contributed by atoms with Crippen LogP contribution < -0.4 is 14.9 Å². The zero-order chi connectivity index (χ0) is 47.2. The molecule has 3 aromatic heterocycles. The van der Waals surface area contributed by atoms with Crippen LogP contribution in [0.1, 0.15) is 68.3 Å². The highest BCUT2D eigenvalue weighted by Crippen LogP contribution is 2.43. The minimum atomic E-state index is -4.57. The molecular weight excluding hydrogens is 904 g/mol. The van der Waals surface area contributed by atoms with Crippen LogP contribution >= 0.6 is 11.6 Å². The third-order valence-electron chi connectivity index (χ3n) is 14.4. The molecule has 3 aromatic carbocycles. The number of halogens is 1. The largest absolute Gasteiger partial charge is 0.381 e. The van der Waals surface area contributed by atoms with Crippen LogP contribution in [0, 0.1) is 21.4 Å². The van der Waals surface area contributed by atoms with Gasteiger partial charge in [0.2, 0.25) is 0 Å². The number of benzene rings is 3. The van der Waals surface area contributed by atoms with Crippen LogP contribution in [0.15, 0.2) is 95.7 Å². The Kier molecular flexibility index (Phi) is 12.8. The molecule has 1 amide bonds. The zero-order valence-corrected chi connectivity index (χ0v) is 40.0. The van der Waals surface area contributed by atoms with Crippen LogP contribution in [0.3, 0.4) is 0 Å². The summed E-state index contributed by atoms with van der Waals surface area (Å²) in [5, 5.41) is 20.3. The lowest BCUT2D eigenvalue weighted by Crippen LogP contribution is -2.47. The number of nitro groups is 1. The van der Waals surface area contributed by atoms with E-state index in [-0.39, 0.29) is 28.3 Å². The summed E-state index contributed by atoms with van der Waals surface area (Å²) in [4.78, 5) is 42.0. The number of hydrogen-bond acceptors (Lipinski definition) is 12. The predicted molar refractivity (Wildman–Crippen MR) is 265 cm³/mol. The molecule has 68 heavy (non-hydrogen) atoms. The summed E-state index contributed by atoms with van der Waals surface area (Å²) >= 11 is 6.27. The zero-order valence-electron chi connectivity index (χ0n) is 38.4. The fraction of sp³-hybridized carbons (Fsp3) is 0.420. The van der Waals surface area contributed by atoms with Gasteiger partial charge in [-0.15, -0.1) is 0 Å². The number of carbonyl (C=O) groups excluding carboxylic acids is 1. The molecule has 3 N–H and O–H groups in total. The highest BCUT2D eigenvalue weighted by Gasteiger charge is 2.32. The van der Waals surface area contributed by atoms with E-state index in [9.17, 15) is 23.3 Å². The molecular formula is C50H57ClN10O6S. The molecule has 3 aliphatic heterocycles. The topological polar surface area (TPSA) is 184 Å². The molecule has 10 rings (SSSR count). The molecule has 16 nitrogen and oxygen atoms in total. The van der Waals surface area contributed by atoms with Gasteiger partial charge in [0.25, 0.3) is 21.6 Å². The minimum Gasteiger partial charge on any atom is -0.381 e. The molecule has 0 spiro atoms. The number of nitro benzene ring substituents is 1. The average Bonchev–Trinajstić information content (AvgIpc) is 4.11. The second-order valence-corrected chi connectivity index (χ2v) is 21.6. The smallest absolute Gasteiger partial charge is 0.293 e. The third kappa shape index (κ3) is 9.72. The highest BCUT2D eigenvalue weighted by atomic mass is 35.5. The summed E-state index contributed by atoms with van der Waals surface area (Å²) in [7, 11) is -4.57. The van der Waals surface area contributed by atoms with Crippen molar-refractivity contribution < 1.29 is 22.9 Å². The Morgan fingerprint density at radius 3 is 2.56 bits per heavy atom. The van der Waals surface area contributed by atoms with E-state index < -0.39 is 25.7 Å². The number of allylic oxidation sites excluding steroid dienone is 1. The number of ether oxygens (including phenoxy) is 1. The maximum atomic E-state index is 14.3. The van der Waals surface area contributed by atoms with E-state index in [2.05, 4.69) is 60.8 Å². The number of anilines is 2. The van der Waals surface area contributed by atoms with Gasteiger partial charge in [-0.1, -0.05) is 43.2 Å². The molecule has 6 aromatic rings. The molecule has 6 heterocycles. The average molecular weight is 962 g/mol. The van der Waals surface area contributed by atoms with Crippen LogP contribution in [0.4, 0.5) is 17.1 Å². The van der Waals surface area contributed by atoms with E-state index in [4.69, 9.17) is 21.3 Å². The molecule has 0 bridgehead atoms. The maximum Gasteiger partial charge on any atom is 0.293 e. The van der Waals surface area contributed by atoms with Crippen molar-refractivity contribution in [2.24, 2.45) is 11.3 Å². The Morgan fingerprint density at radius 2 is 1.78 bits per heavy atom. The molecule has 1 atom stereocenters. The van der Waals surface area contributed by atoms with Gasteiger partial charge in [0, 0.05) is 99.6 Å². The molecule has 0 unspecified atom stereocenters. The quantitative estimate of drug-likeness (QED) is 0.0745. The fourth-order valence-corrected chi connectivity index (χ4v) is 11.6. The molecule has 0 radical (unpaired) electrons. The van der Waals surface area contributed by atoms with E-state index in [1.54, 1.807) is 23.1 Å². The molecule has 1 aliphatic carbocycles. The van der Waals surface area contributed by atoms with Crippen molar-refractivity contribution >= 4 is 72.2 Å². The van der Waals surface area contributed by atoms with Gasteiger partial charge in [0.05, 0.1) is 26.6 Å². The summed E-state index contributed by atoms with van der Waals surface area (Å²) in [5.41, 5.74) is 7.39. The lowest BCUT2D eigenvalue weighted by Gasteiger charge is -2.39. The number of aromatic amines is 1. The number of carbonyl (C=O) groups is 1. The number of fused-ring (bicyclic) bond motifs is 2. The van der Waals surface area contributed by atoms with Gasteiger partial charge in [-0.25, -0.2) is 23.1 Å². The van der Waals surface area contributed by atoms with E-state index in [1.165, 1.54) is 28.8 Å². The first kappa shape index (κ1) is 45.9. The van der Waals surface area contributed by atoms with Crippen molar-refractivity contribution in [3.05, 3.63) is 117 Å².